The average Bonchev–Trinajstić information content (AvgIpc) is 3.28. The molecule has 1 aromatic heterocycles. The predicted octanol–water partition coefficient (Wildman–Crippen LogP) is 4.12. The lowest BCUT2D eigenvalue weighted by Crippen LogP contribution is -2.28. The number of unbranched alkanes of at least 4 members (excludes halogenated alkanes) is 2. The molecule has 32 heavy (non-hydrogen) atoms. The van der Waals surface area contributed by atoms with E-state index in [1.165, 1.54) is 25.2 Å². The van der Waals surface area contributed by atoms with Gasteiger partial charge in [-0.3, -0.25) is 9.89 Å². The molecule has 3 aromatic rings. The molecule has 0 aliphatic rings. The van der Waals surface area contributed by atoms with Gasteiger partial charge in [0.15, 0.2) is 0 Å². The highest BCUT2D eigenvalue weighted by atomic mass is 35.5. The van der Waals surface area contributed by atoms with Crippen molar-refractivity contribution in [3.05, 3.63) is 70.9 Å². The van der Waals surface area contributed by atoms with E-state index in [0.717, 1.165) is 42.6 Å². The van der Waals surface area contributed by atoms with Crippen LogP contribution in [0.3, 0.4) is 0 Å². The monoisotopic (exact) mass is 474 g/mol. The Labute approximate surface area is 193 Å². The van der Waals surface area contributed by atoms with Crippen LogP contribution in [-0.2, 0) is 16.4 Å². The van der Waals surface area contributed by atoms with Crippen LogP contribution in [0.25, 0.3) is 11.3 Å². The van der Waals surface area contributed by atoms with Crippen LogP contribution in [0.1, 0.15) is 35.3 Å². The Morgan fingerprint density at radius 1 is 1.09 bits per heavy atom. The zero-order valence-electron chi connectivity index (χ0n) is 18.1. The number of amides is 1. The summed E-state index contributed by atoms with van der Waals surface area (Å²) in [5, 5.41) is 7.69. The van der Waals surface area contributed by atoms with Crippen LogP contribution in [0.15, 0.2) is 59.5 Å². The molecule has 1 amide bonds. The highest BCUT2D eigenvalue weighted by molar-refractivity contribution is 7.89. The van der Waals surface area contributed by atoms with E-state index in [4.69, 9.17) is 11.6 Å². The van der Waals surface area contributed by atoms with Gasteiger partial charge in [0.05, 0.1) is 21.2 Å². The fourth-order valence-electron chi connectivity index (χ4n) is 3.35. The van der Waals surface area contributed by atoms with Crippen molar-refractivity contribution in [1.29, 1.82) is 0 Å². The van der Waals surface area contributed by atoms with Gasteiger partial charge in [0.1, 0.15) is 0 Å². The molecule has 0 aliphatic carbocycles. The van der Waals surface area contributed by atoms with Crippen molar-refractivity contribution in [1.82, 2.24) is 19.8 Å². The van der Waals surface area contributed by atoms with Crippen LogP contribution in [0.4, 0.5) is 0 Å². The molecule has 3 rings (SSSR count). The molecule has 0 atom stereocenters. The third kappa shape index (κ3) is 5.97. The van der Waals surface area contributed by atoms with Gasteiger partial charge < -0.3 is 4.90 Å². The van der Waals surface area contributed by atoms with E-state index in [-0.39, 0.29) is 21.4 Å². The van der Waals surface area contributed by atoms with Crippen LogP contribution in [0.2, 0.25) is 5.02 Å². The first kappa shape index (κ1) is 24.0. The van der Waals surface area contributed by atoms with E-state index < -0.39 is 10.0 Å². The van der Waals surface area contributed by atoms with Crippen molar-refractivity contribution in [2.24, 2.45) is 0 Å². The first-order valence-corrected chi connectivity index (χ1v) is 12.3. The maximum absolute atomic E-state index is 12.8. The normalized spacial score (nSPS) is 11.5. The minimum absolute atomic E-state index is 0.00980. The molecule has 0 radical (unpaired) electrons. The number of aromatic nitrogens is 2. The SMILES string of the molecule is CNS(=O)(=O)c1ccc(Cl)c(C(=O)N(C)CCCCCc2cc(-c3ccccc3)n[nH]2)c1. The Morgan fingerprint density at radius 2 is 1.84 bits per heavy atom. The van der Waals surface area contributed by atoms with Crippen molar-refractivity contribution < 1.29 is 13.2 Å². The summed E-state index contributed by atoms with van der Waals surface area (Å²) < 4.78 is 26.3. The molecule has 2 N–H and O–H groups in total. The molecule has 1 heterocycles. The standard InChI is InChI=1S/C23H27ClN4O3S/c1-25-32(30,31)19-12-13-21(24)20(16-19)23(29)28(2)14-8-4-7-11-18-15-22(27-26-18)17-9-5-3-6-10-17/h3,5-6,9-10,12-13,15-16,25H,4,7-8,11,14H2,1-2H3,(H,26,27). The molecular formula is C23H27ClN4O3S. The number of nitrogens with one attached hydrogen (secondary N) is 2. The zero-order chi connectivity index (χ0) is 23.1. The second kappa shape index (κ2) is 10.8. The lowest BCUT2D eigenvalue weighted by molar-refractivity contribution is 0.0792. The number of rotatable bonds is 10. The van der Waals surface area contributed by atoms with Crippen LogP contribution in [0, 0.1) is 0 Å². The van der Waals surface area contributed by atoms with Gasteiger partial charge in [-0.25, -0.2) is 13.1 Å². The van der Waals surface area contributed by atoms with Gasteiger partial charge in [0.25, 0.3) is 5.91 Å². The van der Waals surface area contributed by atoms with Crippen molar-refractivity contribution in [2.75, 3.05) is 20.6 Å². The van der Waals surface area contributed by atoms with Crippen LogP contribution in [-0.4, -0.2) is 50.1 Å². The summed E-state index contributed by atoms with van der Waals surface area (Å²) >= 11 is 6.15. The lowest BCUT2D eigenvalue weighted by Gasteiger charge is -2.18. The number of hydrogen-bond donors (Lipinski definition) is 2. The number of benzene rings is 2. The van der Waals surface area contributed by atoms with Gasteiger partial charge in [0.2, 0.25) is 10.0 Å². The Bertz CT molecular complexity index is 1160. The van der Waals surface area contributed by atoms with Gasteiger partial charge in [-0.2, -0.15) is 5.10 Å². The van der Waals surface area contributed by atoms with E-state index in [2.05, 4.69) is 21.0 Å². The summed E-state index contributed by atoms with van der Waals surface area (Å²) in [5.41, 5.74) is 3.28. The zero-order valence-corrected chi connectivity index (χ0v) is 19.7. The molecule has 0 aliphatic heterocycles. The minimum atomic E-state index is -3.65. The molecule has 0 spiro atoms. The second-order valence-corrected chi connectivity index (χ2v) is 9.82. The van der Waals surface area contributed by atoms with Gasteiger partial charge in [-0.05, 0) is 50.6 Å². The maximum Gasteiger partial charge on any atom is 0.255 e. The largest absolute Gasteiger partial charge is 0.342 e. The van der Waals surface area contributed by atoms with Crippen LogP contribution in [0.5, 0.6) is 0 Å². The number of sulfonamides is 1. The highest BCUT2D eigenvalue weighted by Gasteiger charge is 2.19. The van der Waals surface area contributed by atoms with Crippen LogP contribution < -0.4 is 4.72 Å². The number of H-pyrrole nitrogens is 1. The van der Waals surface area contributed by atoms with E-state index >= 15 is 0 Å². The first-order chi connectivity index (χ1) is 15.3. The van der Waals surface area contributed by atoms with Crippen molar-refractivity contribution >= 4 is 27.5 Å². The number of aromatic amines is 1. The fourth-order valence-corrected chi connectivity index (χ4v) is 4.30. The highest BCUT2D eigenvalue weighted by Crippen LogP contribution is 2.22. The number of aryl methyl sites for hydroxylation is 1. The van der Waals surface area contributed by atoms with Gasteiger partial charge in [-0.1, -0.05) is 48.4 Å². The molecule has 0 saturated carbocycles. The van der Waals surface area contributed by atoms with Crippen molar-refractivity contribution in [3.63, 3.8) is 0 Å². The molecule has 9 heteroatoms. The second-order valence-electron chi connectivity index (χ2n) is 7.53. The number of carbonyl (C=O) groups excluding carboxylic acids is 1. The summed E-state index contributed by atoms with van der Waals surface area (Å²) in [5.74, 6) is -0.302. The van der Waals surface area contributed by atoms with E-state index in [0.29, 0.717) is 6.54 Å². The molecule has 7 nitrogen and oxygen atoms in total. The molecule has 170 valence electrons. The average molecular weight is 475 g/mol. The Kier molecular flexibility index (Phi) is 8.06. The van der Waals surface area contributed by atoms with Crippen LogP contribution >= 0.6 is 11.6 Å². The molecule has 0 saturated heterocycles. The Morgan fingerprint density at radius 3 is 2.56 bits per heavy atom. The quantitative estimate of drug-likeness (QED) is 0.432. The third-order valence-electron chi connectivity index (χ3n) is 5.23. The summed E-state index contributed by atoms with van der Waals surface area (Å²) in [6, 6.07) is 16.2. The van der Waals surface area contributed by atoms with Gasteiger partial charge >= 0.3 is 0 Å². The molecule has 0 bridgehead atoms. The first-order valence-electron chi connectivity index (χ1n) is 10.4. The Balaban J connectivity index is 1.48. The van der Waals surface area contributed by atoms with Gasteiger partial charge in [0, 0.05) is 24.8 Å². The number of halogens is 1. The minimum Gasteiger partial charge on any atom is -0.342 e. The number of nitrogens with zero attached hydrogens (tertiary/aromatic N) is 2. The smallest absolute Gasteiger partial charge is 0.255 e. The molecule has 0 unspecified atom stereocenters. The molecule has 2 aromatic carbocycles. The fraction of sp³-hybridized carbons (Fsp3) is 0.304. The van der Waals surface area contributed by atoms with E-state index in [1.54, 1.807) is 11.9 Å². The Hall–Kier alpha value is -2.68. The number of carbonyl (C=O) groups is 1. The lowest BCUT2D eigenvalue weighted by atomic mass is 10.1. The van der Waals surface area contributed by atoms with Crippen molar-refractivity contribution in [3.8, 4) is 11.3 Å². The summed E-state index contributed by atoms with van der Waals surface area (Å²) in [6.45, 7) is 0.552. The molecule has 0 fully saturated rings. The molecular weight excluding hydrogens is 448 g/mol. The van der Waals surface area contributed by atoms with Gasteiger partial charge in [-0.15, -0.1) is 0 Å². The summed E-state index contributed by atoms with van der Waals surface area (Å²) in [6.07, 6.45) is 3.62. The summed E-state index contributed by atoms with van der Waals surface area (Å²) in [7, 11) is -0.635. The number of hydrogen-bond acceptors (Lipinski definition) is 4. The third-order valence-corrected chi connectivity index (χ3v) is 6.98. The van der Waals surface area contributed by atoms with E-state index in [9.17, 15) is 13.2 Å². The maximum atomic E-state index is 12.8. The van der Waals surface area contributed by atoms with E-state index in [1.807, 2.05) is 30.3 Å². The van der Waals surface area contributed by atoms with Crippen molar-refractivity contribution in [2.45, 2.75) is 30.6 Å². The summed E-state index contributed by atoms with van der Waals surface area (Å²) in [4.78, 5) is 14.3. The predicted molar refractivity (Wildman–Crippen MR) is 126 cm³/mol. The topological polar surface area (TPSA) is 95.2 Å².